The molecule has 1 atom stereocenters. The Balaban J connectivity index is 1.71. The third-order valence-electron chi connectivity index (χ3n) is 4.50. The highest BCUT2D eigenvalue weighted by atomic mass is 16.3. The Morgan fingerprint density at radius 2 is 2.09 bits per heavy atom. The van der Waals surface area contributed by atoms with Crippen molar-refractivity contribution in [2.24, 2.45) is 4.99 Å². The number of guanidine groups is 1. The summed E-state index contributed by atoms with van der Waals surface area (Å²) in [6.45, 7) is 11.4. The zero-order valence-electron chi connectivity index (χ0n) is 14.3. The van der Waals surface area contributed by atoms with Gasteiger partial charge in [-0.25, -0.2) is 0 Å². The number of aliphatic hydroxyl groups excluding tert-OH is 1. The quantitative estimate of drug-likeness (QED) is 0.427. The van der Waals surface area contributed by atoms with Crippen molar-refractivity contribution in [2.75, 3.05) is 66.0 Å². The molecule has 2 heterocycles. The first-order valence-corrected chi connectivity index (χ1v) is 8.81. The molecule has 0 radical (unpaired) electrons. The number of hydrogen-bond acceptors (Lipinski definition) is 4. The van der Waals surface area contributed by atoms with Gasteiger partial charge in [0.2, 0.25) is 0 Å². The summed E-state index contributed by atoms with van der Waals surface area (Å²) in [5.74, 6) is 0.967. The smallest absolute Gasteiger partial charge is 0.194 e. The van der Waals surface area contributed by atoms with Crippen LogP contribution in [-0.4, -0.2) is 97.8 Å². The van der Waals surface area contributed by atoms with Crippen molar-refractivity contribution in [3.63, 3.8) is 0 Å². The fourth-order valence-electron chi connectivity index (χ4n) is 3.16. The average Bonchev–Trinajstić information content (AvgIpc) is 2.82. The molecule has 22 heavy (non-hydrogen) atoms. The number of aliphatic imine (C=N–C) groups is 1. The largest absolute Gasteiger partial charge is 0.391 e. The molecule has 0 aromatic rings. The van der Waals surface area contributed by atoms with Crippen molar-refractivity contribution < 1.29 is 5.11 Å². The predicted octanol–water partition coefficient (Wildman–Crippen LogP) is 0.0461. The van der Waals surface area contributed by atoms with Gasteiger partial charge in [-0.2, -0.15) is 0 Å². The van der Waals surface area contributed by atoms with E-state index in [0.29, 0.717) is 6.54 Å². The summed E-state index contributed by atoms with van der Waals surface area (Å²) in [4.78, 5) is 11.9. The number of β-amino-alcohol motifs (C(OH)–C–C–N with tert-alkyl or cyclic N) is 1. The highest BCUT2D eigenvalue weighted by Crippen LogP contribution is 2.09. The van der Waals surface area contributed by atoms with Gasteiger partial charge in [-0.05, 0) is 52.9 Å². The number of hydrogen-bond donors (Lipinski definition) is 2. The zero-order valence-corrected chi connectivity index (χ0v) is 14.3. The molecule has 0 bridgehead atoms. The first kappa shape index (κ1) is 17.5. The van der Waals surface area contributed by atoms with E-state index in [2.05, 4.69) is 34.0 Å². The van der Waals surface area contributed by atoms with Crippen LogP contribution in [0.3, 0.4) is 0 Å². The van der Waals surface area contributed by atoms with Gasteiger partial charge in [0.25, 0.3) is 0 Å². The lowest BCUT2D eigenvalue weighted by atomic mass is 10.3. The highest BCUT2D eigenvalue weighted by Gasteiger charge is 2.22. The van der Waals surface area contributed by atoms with E-state index >= 15 is 0 Å². The first-order chi connectivity index (χ1) is 10.7. The Hall–Kier alpha value is -0.850. The minimum Gasteiger partial charge on any atom is -0.391 e. The molecule has 0 aromatic carbocycles. The number of likely N-dealkylation sites (tertiary alicyclic amines) is 1. The molecule has 2 saturated heterocycles. The fourth-order valence-corrected chi connectivity index (χ4v) is 3.16. The molecular weight excluding hydrogens is 278 g/mol. The van der Waals surface area contributed by atoms with Crippen LogP contribution in [0.1, 0.15) is 26.2 Å². The lowest BCUT2D eigenvalue weighted by molar-refractivity contribution is 0.187. The second-order valence-electron chi connectivity index (χ2n) is 6.48. The molecule has 128 valence electrons. The molecular formula is C16H33N5O. The molecule has 2 aliphatic rings. The summed E-state index contributed by atoms with van der Waals surface area (Å²) < 4.78 is 0. The maximum Gasteiger partial charge on any atom is 0.194 e. The molecule has 6 nitrogen and oxygen atoms in total. The highest BCUT2D eigenvalue weighted by molar-refractivity contribution is 5.80. The minimum atomic E-state index is -0.196. The van der Waals surface area contributed by atoms with Gasteiger partial charge < -0.3 is 25.1 Å². The van der Waals surface area contributed by atoms with Crippen LogP contribution in [-0.2, 0) is 0 Å². The molecule has 2 aliphatic heterocycles. The zero-order chi connectivity index (χ0) is 15.8. The molecule has 0 amide bonds. The Morgan fingerprint density at radius 1 is 1.23 bits per heavy atom. The summed E-state index contributed by atoms with van der Waals surface area (Å²) in [6, 6.07) is 0. The van der Waals surface area contributed by atoms with Gasteiger partial charge in [0.05, 0.1) is 6.10 Å². The lowest BCUT2D eigenvalue weighted by Gasteiger charge is -2.22. The predicted molar refractivity (Wildman–Crippen MR) is 91.3 cm³/mol. The molecule has 0 spiro atoms. The third-order valence-corrected chi connectivity index (χ3v) is 4.50. The van der Waals surface area contributed by atoms with Crippen LogP contribution in [0.2, 0.25) is 0 Å². The summed E-state index contributed by atoms with van der Waals surface area (Å²) in [6.07, 6.45) is 3.03. The number of nitrogens with one attached hydrogen (secondary N) is 1. The maximum absolute atomic E-state index is 9.67. The van der Waals surface area contributed by atoms with Crippen LogP contribution < -0.4 is 5.32 Å². The topological polar surface area (TPSA) is 54.3 Å². The fraction of sp³-hybridized carbons (Fsp3) is 0.938. The monoisotopic (exact) mass is 311 g/mol. The van der Waals surface area contributed by atoms with Gasteiger partial charge >= 0.3 is 0 Å². The van der Waals surface area contributed by atoms with Gasteiger partial charge in [0.1, 0.15) is 0 Å². The van der Waals surface area contributed by atoms with Crippen molar-refractivity contribution in [1.29, 1.82) is 0 Å². The average molecular weight is 311 g/mol. The maximum atomic E-state index is 9.67. The number of nitrogens with zero attached hydrogens (tertiary/aromatic N) is 4. The second-order valence-corrected chi connectivity index (χ2v) is 6.48. The van der Waals surface area contributed by atoms with E-state index in [4.69, 9.17) is 4.99 Å². The van der Waals surface area contributed by atoms with Crippen molar-refractivity contribution in [2.45, 2.75) is 32.3 Å². The normalized spacial score (nSPS) is 25.5. The van der Waals surface area contributed by atoms with Crippen molar-refractivity contribution in [3.8, 4) is 0 Å². The summed E-state index contributed by atoms with van der Waals surface area (Å²) >= 11 is 0. The Kier molecular flexibility index (Phi) is 7.42. The van der Waals surface area contributed by atoms with E-state index in [9.17, 15) is 5.11 Å². The van der Waals surface area contributed by atoms with Gasteiger partial charge in [0, 0.05) is 39.3 Å². The van der Waals surface area contributed by atoms with Crippen LogP contribution in [0.4, 0.5) is 0 Å². The number of likely N-dealkylation sites (N-methyl/N-ethyl adjacent to an activating group) is 1. The molecule has 2 N–H and O–H groups in total. The Bertz CT molecular complexity index is 349. The molecule has 2 rings (SSSR count). The molecule has 2 fully saturated rings. The van der Waals surface area contributed by atoms with E-state index in [1.54, 1.807) is 0 Å². The Morgan fingerprint density at radius 3 is 2.82 bits per heavy atom. The van der Waals surface area contributed by atoms with Gasteiger partial charge in [0.15, 0.2) is 5.96 Å². The molecule has 0 aliphatic carbocycles. The third kappa shape index (κ3) is 5.74. The summed E-state index contributed by atoms with van der Waals surface area (Å²) in [5, 5.41) is 13.0. The van der Waals surface area contributed by atoms with Crippen LogP contribution in [0.15, 0.2) is 4.99 Å². The van der Waals surface area contributed by atoms with E-state index in [1.165, 1.54) is 32.6 Å². The van der Waals surface area contributed by atoms with Crippen LogP contribution >= 0.6 is 0 Å². The van der Waals surface area contributed by atoms with Gasteiger partial charge in [-0.3, -0.25) is 4.99 Å². The van der Waals surface area contributed by atoms with E-state index < -0.39 is 0 Å². The van der Waals surface area contributed by atoms with E-state index in [0.717, 1.165) is 45.0 Å². The molecule has 0 saturated carbocycles. The van der Waals surface area contributed by atoms with Crippen molar-refractivity contribution >= 4 is 5.96 Å². The standard InChI is InChI=1S/C16H33N5O/c1-3-17-16(21-11-6-15(22)14-21)18-7-4-9-20-10-5-8-19(2)12-13-20/h15,22H,3-14H2,1-2H3,(H,17,18)/t15-/m1/s1. The van der Waals surface area contributed by atoms with Gasteiger partial charge in [-0.1, -0.05) is 0 Å². The van der Waals surface area contributed by atoms with Crippen LogP contribution in [0.25, 0.3) is 0 Å². The summed E-state index contributed by atoms with van der Waals surface area (Å²) in [7, 11) is 2.21. The molecule has 0 unspecified atom stereocenters. The van der Waals surface area contributed by atoms with Crippen molar-refractivity contribution in [1.82, 2.24) is 20.0 Å². The minimum absolute atomic E-state index is 0.196. The Labute approximate surface area is 135 Å². The number of rotatable bonds is 5. The SMILES string of the molecule is CCNC(=NCCCN1CCCN(C)CC1)N1CC[C@@H](O)C1. The lowest BCUT2D eigenvalue weighted by Crippen LogP contribution is -2.40. The van der Waals surface area contributed by atoms with E-state index in [-0.39, 0.29) is 6.10 Å². The summed E-state index contributed by atoms with van der Waals surface area (Å²) in [5.41, 5.74) is 0. The van der Waals surface area contributed by atoms with Crippen LogP contribution in [0.5, 0.6) is 0 Å². The molecule has 6 heteroatoms. The molecule has 0 aromatic heterocycles. The number of aliphatic hydroxyl groups is 1. The van der Waals surface area contributed by atoms with Gasteiger partial charge in [-0.15, -0.1) is 0 Å². The van der Waals surface area contributed by atoms with Crippen LogP contribution in [0, 0.1) is 0 Å². The van der Waals surface area contributed by atoms with Crippen molar-refractivity contribution in [3.05, 3.63) is 0 Å². The second kappa shape index (κ2) is 9.33. The van der Waals surface area contributed by atoms with E-state index in [1.807, 2.05) is 0 Å². The first-order valence-electron chi connectivity index (χ1n) is 8.81.